The summed E-state index contributed by atoms with van der Waals surface area (Å²) >= 11 is 3.28. The predicted octanol–water partition coefficient (Wildman–Crippen LogP) is 4.50. The second kappa shape index (κ2) is 7.10. The highest BCUT2D eigenvalue weighted by molar-refractivity contribution is 9.10. The first-order valence-corrected chi connectivity index (χ1v) is 8.67. The molecular formula is C17H26BrFN2. The van der Waals surface area contributed by atoms with Gasteiger partial charge in [0.1, 0.15) is 5.82 Å². The number of hydrogen-bond donors (Lipinski definition) is 1. The van der Waals surface area contributed by atoms with Crippen LogP contribution < -0.4 is 10.2 Å². The van der Waals surface area contributed by atoms with E-state index in [0.717, 1.165) is 37.2 Å². The van der Waals surface area contributed by atoms with E-state index in [1.165, 1.54) is 0 Å². The number of rotatable bonds is 4. The topological polar surface area (TPSA) is 15.3 Å². The van der Waals surface area contributed by atoms with E-state index in [2.05, 4.69) is 53.8 Å². The van der Waals surface area contributed by atoms with E-state index in [4.69, 9.17) is 0 Å². The minimum Gasteiger partial charge on any atom is -0.365 e. The van der Waals surface area contributed by atoms with Crippen molar-refractivity contribution >= 4 is 21.6 Å². The van der Waals surface area contributed by atoms with Crippen LogP contribution in [0.25, 0.3) is 0 Å². The summed E-state index contributed by atoms with van der Waals surface area (Å²) in [5.74, 6) is 0.495. The zero-order chi connectivity index (χ0) is 15.6. The molecule has 118 valence electrons. The van der Waals surface area contributed by atoms with Gasteiger partial charge in [-0.3, -0.25) is 0 Å². The van der Waals surface area contributed by atoms with Gasteiger partial charge in [0.05, 0.1) is 4.47 Å². The highest BCUT2D eigenvalue weighted by Gasteiger charge is 2.28. The van der Waals surface area contributed by atoms with E-state index >= 15 is 0 Å². The van der Waals surface area contributed by atoms with Crippen LogP contribution in [-0.4, -0.2) is 25.2 Å². The first kappa shape index (κ1) is 16.8. The van der Waals surface area contributed by atoms with Crippen LogP contribution in [-0.2, 0) is 0 Å². The molecule has 1 aromatic carbocycles. The fraction of sp³-hybridized carbons (Fsp3) is 0.647. The molecule has 1 heterocycles. The Labute approximate surface area is 136 Å². The van der Waals surface area contributed by atoms with Gasteiger partial charge in [0, 0.05) is 30.9 Å². The lowest BCUT2D eigenvalue weighted by atomic mass is 9.97. The van der Waals surface area contributed by atoms with Gasteiger partial charge in [-0.15, -0.1) is 0 Å². The lowest BCUT2D eigenvalue weighted by molar-refractivity contribution is 0.343. The highest BCUT2D eigenvalue weighted by atomic mass is 79.9. The third-order valence-electron chi connectivity index (χ3n) is 4.28. The number of nitrogens with one attached hydrogen (secondary N) is 1. The molecule has 0 radical (unpaired) electrons. The monoisotopic (exact) mass is 356 g/mol. The first-order chi connectivity index (χ1) is 9.92. The lowest BCUT2D eigenvalue weighted by Crippen LogP contribution is -2.57. The smallest absolute Gasteiger partial charge is 0.139 e. The number of benzene rings is 1. The van der Waals surface area contributed by atoms with Gasteiger partial charge < -0.3 is 10.2 Å². The van der Waals surface area contributed by atoms with Crippen molar-refractivity contribution in [3.05, 3.63) is 28.0 Å². The van der Waals surface area contributed by atoms with Crippen molar-refractivity contribution in [2.24, 2.45) is 5.92 Å². The fourth-order valence-electron chi connectivity index (χ4n) is 3.20. The molecule has 0 amide bonds. The molecule has 2 atom stereocenters. The van der Waals surface area contributed by atoms with E-state index in [1.807, 2.05) is 6.07 Å². The summed E-state index contributed by atoms with van der Waals surface area (Å²) in [7, 11) is 0. The normalized spacial score (nSPS) is 22.9. The van der Waals surface area contributed by atoms with Crippen LogP contribution in [0, 0.1) is 18.7 Å². The summed E-state index contributed by atoms with van der Waals surface area (Å²) in [4.78, 5) is 2.40. The average molecular weight is 357 g/mol. The Bertz CT molecular complexity index is 490. The molecule has 2 nitrogen and oxygen atoms in total. The van der Waals surface area contributed by atoms with Crippen LogP contribution in [0.5, 0.6) is 0 Å². The van der Waals surface area contributed by atoms with Crippen molar-refractivity contribution in [3.63, 3.8) is 0 Å². The first-order valence-electron chi connectivity index (χ1n) is 7.88. The molecule has 2 unspecified atom stereocenters. The van der Waals surface area contributed by atoms with Crippen molar-refractivity contribution in [1.29, 1.82) is 0 Å². The zero-order valence-electron chi connectivity index (χ0n) is 13.4. The van der Waals surface area contributed by atoms with Gasteiger partial charge in [-0.1, -0.05) is 20.8 Å². The molecule has 0 spiro atoms. The number of aryl methyl sites for hydroxylation is 1. The van der Waals surface area contributed by atoms with Gasteiger partial charge in [0.25, 0.3) is 0 Å². The summed E-state index contributed by atoms with van der Waals surface area (Å²) in [5, 5.41) is 3.65. The highest BCUT2D eigenvalue weighted by Crippen LogP contribution is 2.30. The number of anilines is 1. The number of piperazine rings is 1. The molecule has 0 aliphatic carbocycles. The maximum atomic E-state index is 14.0. The van der Waals surface area contributed by atoms with Crippen molar-refractivity contribution in [1.82, 2.24) is 5.32 Å². The van der Waals surface area contributed by atoms with Crippen LogP contribution >= 0.6 is 15.9 Å². The summed E-state index contributed by atoms with van der Waals surface area (Å²) < 4.78 is 14.5. The van der Waals surface area contributed by atoms with Crippen molar-refractivity contribution < 1.29 is 4.39 Å². The average Bonchev–Trinajstić information content (AvgIpc) is 2.42. The van der Waals surface area contributed by atoms with Crippen molar-refractivity contribution in [2.75, 3.05) is 18.0 Å². The van der Waals surface area contributed by atoms with Gasteiger partial charge in [-0.05, 0) is 59.3 Å². The van der Waals surface area contributed by atoms with E-state index in [0.29, 0.717) is 22.5 Å². The van der Waals surface area contributed by atoms with Crippen LogP contribution in [0.15, 0.2) is 16.6 Å². The second-order valence-corrected chi connectivity index (χ2v) is 7.36. The van der Waals surface area contributed by atoms with E-state index < -0.39 is 0 Å². The lowest BCUT2D eigenvalue weighted by Gasteiger charge is -2.43. The molecule has 1 aliphatic rings. The van der Waals surface area contributed by atoms with Crippen LogP contribution in [0.1, 0.15) is 39.2 Å². The molecule has 0 aromatic heterocycles. The quantitative estimate of drug-likeness (QED) is 0.854. The van der Waals surface area contributed by atoms with Gasteiger partial charge in [0.2, 0.25) is 0 Å². The Morgan fingerprint density at radius 1 is 1.43 bits per heavy atom. The van der Waals surface area contributed by atoms with Gasteiger partial charge in [-0.2, -0.15) is 0 Å². The molecule has 1 aromatic rings. The van der Waals surface area contributed by atoms with Crippen LogP contribution in [0.3, 0.4) is 0 Å². The van der Waals surface area contributed by atoms with Crippen LogP contribution in [0.2, 0.25) is 0 Å². The van der Waals surface area contributed by atoms with Crippen molar-refractivity contribution in [3.8, 4) is 0 Å². The third-order valence-corrected chi connectivity index (χ3v) is 4.88. The molecule has 1 aliphatic heterocycles. The number of hydrogen-bond acceptors (Lipinski definition) is 2. The standard InChI is InChI=1S/C17H26BrFN2/c1-5-14-9-20-13(6-11(2)3)10-21(14)17-8-16(19)15(18)7-12(17)4/h7-8,11,13-14,20H,5-6,9-10H2,1-4H3. The molecule has 1 N–H and O–H groups in total. The fourth-order valence-corrected chi connectivity index (χ4v) is 3.65. The Balaban J connectivity index is 2.26. The Hall–Kier alpha value is -0.610. The Morgan fingerprint density at radius 2 is 2.14 bits per heavy atom. The van der Waals surface area contributed by atoms with Crippen LogP contribution in [0.4, 0.5) is 10.1 Å². The molecule has 0 saturated carbocycles. The summed E-state index contributed by atoms with van der Waals surface area (Å²) in [6.07, 6.45) is 2.23. The van der Waals surface area contributed by atoms with Crippen molar-refractivity contribution in [2.45, 2.75) is 52.6 Å². The molecule has 4 heteroatoms. The molecule has 2 rings (SSSR count). The van der Waals surface area contributed by atoms with Gasteiger partial charge >= 0.3 is 0 Å². The van der Waals surface area contributed by atoms with E-state index in [1.54, 1.807) is 6.07 Å². The Morgan fingerprint density at radius 3 is 2.76 bits per heavy atom. The zero-order valence-corrected chi connectivity index (χ0v) is 15.0. The molecule has 21 heavy (non-hydrogen) atoms. The van der Waals surface area contributed by atoms with Gasteiger partial charge in [-0.25, -0.2) is 4.39 Å². The minimum atomic E-state index is -0.176. The second-order valence-electron chi connectivity index (χ2n) is 6.50. The number of halogens is 2. The summed E-state index contributed by atoms with van der Waals surface area (Å²) in [5.41, 5.74) is 2.17. The molecule has 1 fully saturated rings. The third kappa shape index (κ3) is 3.98. The number of nitrogens with zero attached hydrogens (tertiary/aromatic N) is 1. The summed E-state index contributed by atoms with van der Waals surface area (Å²) in [6.45, 7) is 10.7. The van der Waals surface area contributed by atoms with Gasteiger partial charge in [0.15, 0.2) is 0 Å². The predicted molar refractivity (Wildman–Crippen MR) is 91.5 cm³/mol. The largest absolute Gasteiger partial charge is 0.365 e. The molecule has 1 saturated heterocycles. The maximum Gasteiger partial charge on any atom is 0.139 e. The summed E-state index contributed by atoms with van der Waals surface area (Å²) in [6, 6.07) is 4.49. The maximum absolute atomic E-state index is 14.0. The molecular weight excluding hydrogens is 331 g/mol. The van der Waals surface area contributed by atoms with E-state index in [-0.39, 0.29) is 5.82 Å². The molecule has 0 bridgehead atoms. The van der Waals surface area contributed by atoms with E-state index in [9.17, 15) is 4.39 Å². The Kier molecular flexibility index (Phi) is 5.67. The minimum absolute atomic E-state index is 0.176. The SMILES string of the molecule is CCC1CNC(CC(C)C)CN1c1cc(F)c(Br)cc1C.